The summed E-state index contributed by atoms with van der Waals surface area (Å²) in [4.78, 5) is 0. The van der Waals surface area contributed by atoms with Gasteiger partial charge in [-0.25, -0.2) is 0 Å². The molecule has 0 aromatic heterocycles. The van der Waals surface area contributed by atoms with E-state index < -0.39 is 0 Å². The standard InChI is InChI=1S/C17H25ClO2/c1-19-11-5-12-20-13-10-17(14-18)9-4-7-15-6-2-3-8-16(15)17/h2-3,6,8H,4-5,7,9-14H2,1H3. The van der Waals surface area contributed by atoms with Crippen LogP contribution in [0.3, 0.4) is 0 Å². The van der Waals surface area contributed by atoms with Crippen molar-refractivity contribution in [3.63, 3.8) is 0 Å². The Morgan fingerprint density at radius 1 is 1.20 bits per heavy atom. The Kier molecular flexibility index (Phi) is 6.34. The fourth-order valence-electron chi connectivity index (χ4n) is 3.15. The molecule has 0 saturated carbocycles. The van der Waals surface area contributed by atoms with E-state index >= 15 is 0 Å². The Bertz CT molecular complexity index is 408. The van der Waals surface area contributed by atoms with Crippen LogP contribution >= 0.6 is 11.6 Å². The second kappa shape index (κ2) is 8.02. The Balaban J connectivity index is 1.93. The van der Waals surface area contributed by atoms with Crippen LogP contribution in [0.15, 0.2) is 24.3 Å². The van der Waals surface area contributed by atoms with E-state index in [1.54, 1.807) is 7.11 Å². The third-order valence-corrected chi connectivity index (χ3v) is 4.82. The summed E-state index contributed by atoms with van der Waals surface area (Å²) in [6, 6.07) is 8.76. The van der Waals surface area contributed by atoms with E-state index in [0.29, 0.717) is 5.88 Å². The average molecular weight is 297 g/mol. The normalized spacial score (nSPS) is 21.7. The van der Waals surface area contributed by atoms with Gasteiger partial charge in [0.1, 0.15) is 0 Å². The molecule has 2 rings (SSSR count). The monoisotopic (exact) mass is 296 g/mol. The van der Waals surface area contributed by atoms with Crippen molar-refractivity contribution in [2.24, 2.45) is 0 Å². The van der Waals surface area contributed by atoms with Gasteiger partial charge in [-0.3, -0.25) is 0 Å². The molecular formula is C17H25ClO2. The third-order valence-electron chi connectivity index (χ3n) is 4.31. The lowest BCUT2D eigenvalue weighted by molar-refractivity contribution is 0.0893. The molecule has 1 aliphatic rings. The van der Waals surface area contributed by atoms with Crippen LogP contribution in [0.1, 0.15) is 36.8 Å². The summed E-state index contributed by atoms with van der Waals surface area (Å²) < 4.78 is 10.8. The highest BCUT2D eigenvalue weighted by atomic mass is 35.5. The van der Waals surface area contributed by atoms with Crippen LogP contribution in [-0.4, -0.2) is 32.8 Å². The van der Waals surface area contributed by atoms with Crippen molar-refractivity contribution >= 4 is 11.6 Å². The van der Waals surface area contributed by atoms with E-state index in [1.807, 2.05) is 0 Å². The second-order valence-corrected chi connectivity index (χ2v) is 5.90. The summed E-state index contributed by atoms with van der Waals surface area (Å²) in [5.41, 5.74) is 3.03. The smallest absolute Gasteiger partial charge is 0.0487 e. The van der Waals surface area contributed by atoms with E-state index in [2.05, 4.69) is 24.3 Å². The van der Waals surface area contributed by atoms with E-state index in [9.17, 15) is 0 Å². The maximum absolute atomic E-state index is 6.35. The lowest BCUT2D eigenvalue weighted by Gasteiger charge is -2.38. The van der Waals surface area contributed by atoms with Gasteiger partial charge in [-0.1, -0.05) is 24.3 Å². The fraction of sp³-hybridized carbons (Fsp3) is 0.647. The van der Waals surface area contributed by atoms with Gasteiger partial charge in [0.05, 0.1) is 0 Å². The van der Waals surface area contributed by atoms with Gasteiger partial charge >= 0.3 is 0 Å². The molecule has 0 amide bonds. The molecule has 0 heterocycles. The summed E-state index contributed by atoms with van der Waals surface area (Å²) in [6.07, 6.45) is 5.56. The molecule has 1 atom stereocenters. The van der Waals surface area contributed by atoms with Gasteiger partial charge in [-0.2, -0.15) is 0 Å². The van der Waals surface area contributed by atoms with E-state index in [0.717, 1.165) is 32.7 Å². The number of fused-ring (bicyclic) bond motifs is 1. The highest BCUT2D eigenvalue weighted by Gasteiger charge is 2.35. The second-order valence-electron chi connectivity index (χ2n) is 5.63. The van der Waals surface area contributed by atoms with Gasteiger partial charge in [-0.05, 0) is 43.2 Å². The number of halogens is 1. The largest absolute Gasteiger partial charge is 0.385 e. The molecule has 0 spiro atoms. The third kappa shape index (κ3) is 3.75. The summed E-state index contributed by atoms with van der Waals surface area (Å²) in [7, 11) is 1.72. The highest BCUT2D eigenvalue weighted by Crippen LogP contribution is 2.40. The minimum Gasteiger partial charge on any atom is -0.385 e. The fourth-order valence-corrected chi connectivity index (χ4v) is 3.56. The molecule has 1 aromatic carbocycles. The van der Waals surface area contributed by atoms with Crippen LogP contribution in [0.25, 0.3) is 0 Å². The minimum absolute atomic E-state index is 0.109. The van der Waals surface area contributed by atoms with Crippen molar-refractivity contribution in [2.45, 2.75) is 37.5 Å². The molecule has 1 aliphatic carbocycles. The van der Waals surface area contributed by atoms with Crippen LogP contribution in [0.5, 0.6) is 0 Å². The van der Waals surface area contributed by atoms with Crippen molar-refractivity contribution in [2.75, 3.05) is 32.8 Å². The molecule has 1 unspecified atom stereocenters. The first-order valence-corrected chi connectivity index (χ1v) is 8.07. The summed E-state index contributed by atoms with van der Waals surface area (Å²) in [6.45, 7) is 2.32. The van der Waals surface area contributed by atoms with Crippen LogP contribution in [-0.2, 0) is 21.3 Å². The number of rotatable bonds is 8. The lowest BCUT2D eigenvalue weighted by Crippen LogP contribution is -2.34. The number of hydrogen-bond acceptors (Lipinski definition) is 2. The topological polar surface area (TPSA) is 18.5 Å². The highest BCUT2D eigenvalue weighted by molar-refractivity contribution is 6.18. The quantitative estimate of drug-likeness (QED) is 0.534. The molecule has 0 aliphatic heterocycles. The van der Waals surface area contributed by atoms with Crippen molar-refractivity contribution in [1.29, 1.82) is 0 Å². The van der Waals surface area contributed by atoms with Gasteiger partial charge < -0.3 is 9.47 Å². The van der Waals surface area contributed by atoms with E-state index in [-0.39, 0.29) is 5.41 Å². The SMILES string of the molecule is COCCCOCCC1(CCl)CCCc2ccccc21. The zero-order valence-corrected chi connectivity index (χ0v) is 13.1. The predicted octanol–water partition coefficient (Wildman–Crippen LogP) is 3.94. The van der Waals surface area contributed by atoms with Crippen LogP contribution in [0.4, 0.5) is 0 Å². The number of aryl methyl sites for hydroxylation is 1. The average Bonchev–Trinajstić information content (AvgIpc) is 2.51. The van der Waals surface area contributed by atoms with Crippen LogP contribution in [0.2, 0.25) is 0 Å². The van der Waals surface area contributed by atoms with Gasteiger partial charge in [0.2, 0.25) is 0 Å². The van der Waals surface area contributed by atoms with Crippen molar-refractivity contribution in [1.82, 2.24) is 0 Å². The molecule has 3 heteroatoms. The van der Waals surface area contributed by atoms with Gasteiger partial charge in [-0.15, -0.1) is 11.6 Å². The van der Waals surface area contributed by atoms with Gasteiger partial charge in [0, 0.05) is 38.2 Å². The Hall–Kier alpha value is -0.570. The zero-order valence-electron chi connectivity index (χ0n) is 12.4. The van der Waals surface area contributed by atoms with Crippen LogP contribution < -0.4 is 0 Å². The van der Waals surface area contributed by atoms with E-state index in [1.165, 1.54) is 30.4 Å². The first-order chi connectivity index (χ1) is 9.82. The summed E-state index contributed by atoms with van der Waals surface area (Å²) in [5.74, 6) is 0.686. The molecule has 0 saturated heterocycles. The molecule has 2 nitrogen and oxygen atoms in total. The molecule has 0 fully saturated rings. The van der Waals surface area contributed by atoms with Crippen molar-refractivity contribution < 1.29 is 9.47 Å². The molecule has 0 bridgehead atoms. The molecule has 0 radical (unpaired) electrons. The Morgan fingerprint density at radius 3 is 2.85 bits per heavy atom. The Labute approximate surface area is 127 Å². The number of benzene rings is 1. The van der Waals surface area contributed by atoms with Crippen molar-refractivity contribution in [3.8, 4) is 0 Å². The van der Waals surface area contributed by atoms with Crippen LogP contribution in [0, 0.1) is 0 Å². The predicted molar refractivity (Wildman–Crippen MR) is 83.7 cm³/mol. The maximum atomic E-state index is 6.35. The van der Waals surface area contributed by atoms with E-state index in [4.69, 9.17) is 21.1 Å². The van der Waals surface area contributed by atoms with Gasteiger partial charge in [0.15, 0.2) is 0 Å². The molecule has 112 valence electrons. The Morgan fingerprint density at radius 2 is 2.05 bits per heavy atom. The van der Waals surface area contributed by atoms with Crippen molar-refractivity contribution in [3.05, 3.63) is 35.4 Å². The first-order valence-electron chi connectivity index (χ1n) is 7.53. The lowest BCUT2D eigenvalue weighted by atomic mass is 9.69. The number of ether oxygens (including phenoxy) is 2. The molecular weight excluding hydrogens is 272 g/mol. The molecule has 20 heavy (non-hydrogen) atoms. The first kappa shape index (κ1) is 15.8. The number of alkyl halides is 1. The van der Waals surface area contributed by atoms with Gasteiger partial charge in [0.25, 0.3) is 0 Å². The molecule has 0 N–H and O–H groups in total. The maximum Gasteiger partial charge on any atom is 0.0487 e. The number of hydrogen-bond donors (Lipinski definition) is 0. The zero-order chi connectivity index (χ0) is 14.3. The minimum atomic E-state index is 0.109. The summed E-state index contributed by atoms with van der Waals surface area (Å²) in [5, 5.41) is 0. The number of methoxy groups -OCH3 is 1. The summed E-state index contributed by atoms with van der Waals surface area (Å²) >= 11 is 6.35. The molecule has 1 aromatic rings.